The van der Waals surface area contributed by atoms with Gasteiger partial charge in [-0.2, -0.15) is 0 Å². The Morgan fingerprint density at radius 3 is 1.96 bits per heavy atom. The van der Waals surface area contributed by atoms with Crippen molar-refractivity contribution >= 4 is 27.8 Å². The molecule has 0 aromatic heterocycles. The van der Waals surface area contributed by atoms with Crippen LogP contribution in [0.15, 0.2) is 170 Å². The number of benzene rings is 8. The molecule has 0 N–H and O–H groups in total. The lowest BCUT2D eigenvalue weighted by atomic mass is 9.70. The van der Waals surface area contributed by atoms with Crippen molar-refractivity contribution in [3.63, 3.8) is 0 Å². The van der Waals surface area contributed by atoms with Crippen LogP contribution in [0.2, 0.25) is 0 Å². The van der Waals surface area contributed by atoms with Gasteiger partial charge in [-0.05, 0) is 146 Å². The third kappa shape index (κ3) is 4.31. The Kier molecular flexibility index (Phi) is 6.70. The molecular formula is C52H39N. The van der Waals surface area contributed by atoms with Crippen molar-refractivity contribution in [3.8, 4) is 33.4 Å². The van der Waals surface area contributed by atoms with Gasteiger partial charge in [0.2, 0.25) is 0 Å². The van der Waals surface area contributed by atoms with Crippen molar-refractivity contribution in [3.05, 3.63) is 209 Å². The van der Waals surface area contributed by atoms with Gasteiger partial charge >= 0.3 is 0 Å². The van der Waals surface area contributed by atoms with E-state index in [0.717, 1.165) is 5.69 Å². The van der Waals surface area contributed by atoms with Crippen LogP contribution in [0.1, 0.15) is 51.8 Å². The summed E-state index contributed by atoms with van der Waals surface area (Å²) in [6, 6.07) is 64.1. The van der Waals surface area contributed by atoms with E-state index in [1.165, 1.54) is 120 Å². The number of aryl methyl sites for hydroxylation is 2. The second kappa shape index (κ2) is 11.7. The molecule has 11 rings (SSSR count). The number of anilines is 3. The predicted octanol–water partition coefficient (Wildman–Crippen LogP) is 13.5. The normalized spacial score (nSPS) is 14.4. The van der Waals surface area contributed by atoms with Crippen LogP contribution in [-0.2, 0) is 18.3 Å². The van der Waals surface area contributed by atoms with Crippen molar-refractivity contribution in [2.75, 3.05) is 4.90 Å². The van der Waals surface area contributed by atoms with Crippen LogP contribution in [0.3, 0.4) is 0 Å². The molecule has 0 saturated heterocycles. The summed E-state index contributed by atoms with van der Waals surface area (Å²) in [6.07, 6.45) is 4.93. The molecule has 53 heavy (non-hydrogen) atoms. The minimum Gasteiger partial charge on any atom is -0.310 e. The van der Waals surface area contributed by atoms with Gasteiger partial charge in [0.25, 0.3) is 0 Å². The summed E-state index contributed by atoms with van der Waals surface area (Å²) < 4.78 is 0. The lowest BCUT2D eigenvalue weighted by molar-refractivity contribution is 0.687. The molecule has 8 aromatic rings. The Hall–Kier alpha value is -6.18. The molecule has 1 spiro atoms. The van der Waals surface area contributed by atoms with Crippen molar-refractivity contribution in [1.29, 1.82) is 0 Å². The first kappa shape index (κ1) is 30.4. The van der Waals surface area contributed by atoms with Gasteiger partial charge in [-0.15, -0.1) is 0 Å². The number of rotatable bonds is 4. The van der Waals surface area contributed by atoms with E-state index in [4.69, 9.17) is 0 Å². The van der Waals surface area contributed by atoms with Gasteiger partial charge in [-0.3, -0.25) is 0 Å². The SMILES string of the molecule is Cc1ccccc1N(c1ccc(-c2cccc3c2CCCC3)cc1)c1ccc2c(c1)C1(c3ccccc3-c3ccccc31)c1ccc3ccccc3c1-2. The van der Waals surface area contributed by atoms with Crippen molar-refractivity contribution in [2.45, 2.75) is 38.0 Å². The molecule has 3 aliphatic rings. The average Bonchev–Trinajstić information content (AvgIpc) is 3.69. The first-order valence-corrected chi connectivity index (χ1v) is 19.2. The smallest absolute Gasteiger partial charge is 0.0726 e. The van der Waals surface area contributed by atoms with Crippen molar-refractivity contribution in [2.24, 2.45) is 0 Å². The van der Waals surface area contributed by atoms with Crippen LogP contribution in [0, 0.1) is 6.92 Å². The highest BCUT2D eigenvalue weighted by molar-refractivity contribution is 6.06. The first-order valence-electron chi connectivity index (χ1n) is 19.2. The summed E-state index contributed by atoms with van der Waals surface area (Å²) in [7, 11) is 0. The number of fused-ring (bicyclic) bond motifs is 13. The van der Waals surface area contributed by atoms with E-state index in [1.807, 2.05) is 0 Å². The highest BCUT2D eigenvalue weighted by Crippen LogP contribution is 2.64. The Morgan fingerprint density at radius 2 is 1.15 bits per heavy atom. The van der Waals surface area contributed by atoms with Crippen LogP contribution < -0.4 is 4.90 Å². The predicted molar refractivity (Wildman–Crippen MR) is 222 cm³/mol. The molecule has 3 aliphatic carbocycles. The lowest BCUT2D eigenvalue weighted by Gasteiger charge is -2.32. The molecule has 0 fully saturated rings. The van der Waals surface area contributed by atoms with E-state index >= 15 is 0 Å². The van der Waals surface area contributed by atoms with Gasteiger partial charge in [-0.25, -0.2) is 0 Å². The Balaban J connectivity index is 1.15. The van der Waals surface area contributed by atoms with E-state index in [9.17, 15) is 0 Å². The van der Waals surface area contributed by atoms with Gasteiger partial charge in [0, 0.05) is 17.1 Å². The third-order valence-electron chi connectivity index (χ3n) is 12.4. The van der Waals surface area contributed by atoms with E-state index in [-0.39, 0.29) is 0 Å². The maximum atomic E-state index is 2.51. The monoisotopic (exact) mass is 677 g/mol. The number of nitrogens with zero attached hydrogens (tertiary/aromatic N) is 1. The summed E-state index contributed by atoms with van der Waals surface area (Å²) in [5.74, 6) is 0. The highest BCUT2D eigenvalue weighted by Gasteiger charge is 2.52. The molecule has 0 unspecified atom stereocenters. The van der Waals surface area contributed by atoms with Crippen molar-refractivity contribution in [1.82, 2.24) is 0 Å². The molecule has 0 radical (unpaired) electrons. The van der Waals surface area contributed by atoms with Crippen molar-refractivity contribution < 1.29 is 0 Å². The molecule has 0 aliphatic heterocycles. The standard InChI is InChI=1S/C52H39N/c1-34-13-2-11-24-50(34)53(38-28-25-37(26-29-38)41-21-12-16-35-14-3-5-17-40(35)41)39-30-31-45-49(33-39)52(48-32-27-36-15-4-6-18-42(36)51(45)48)46-22-9-7-19-43(46)44-20-8-10-23-47(44)52/h2,4,6-13,15-16,18-33H,3,5,14,17H2,1H3. The Bertz CT molecular complexity index is 2700. The molecule has 0 bridgehead atoms. The zero-order valence-electron chi connectivity index (χ0n) is 29.9. The zero-order valence-corrected chi connectivity index (χ0v) is 29.9. The minimum absolute atomic E-state index is 0.425. The summed E-state index contributed by atoms with van der Waals surface area (Å²) in [5.41, 5.74) is 20.9. The van der Waals surface area contributed by atoms with Gasteiger partial charge in [-0.1, -0.05) is 140 Å². The van der Waals surface area contributed by atoms with Gasteiger partial charge < -0.3 is 4.90 Å². The fraction of sp³-hybridized carbons (Fsp3) is 0.115. The van der Waals surface area contributed by atoms with Crippen LogP contribution in [0.25, 0.3) is 44.2 Å². The fourth-order valence-electron chi connectivity index (χ4n) is 10.1. The molecule has 1 heteroatoms. The number of para-hydroxylation sites is 1. The minimum atomic E-state index is -0.425. The summed E-state index contributed by atoms with van der Waals surface area (Å²) in [6.45, 7) is 2.23. The summed E-state index contributed by atoms with van der Waals surface area (Å²) >= 11 is 0. The molecule has 0 amide bonds. The van der Waals surface area contributed by atoms with Crippen LogP contribution in [0.5, 0.6) is 0 Å². The van der Waals surface area contributed by atoms with Gasteiger partial charge in [0.05, 0.1) is 5.41 Å². The third-order valence-corrected chi connectivity index (χ3v) is 12.4. The molecule has 1 nitrogen and oxygen atoms in total. The maximum Gasteiger partial charge on any atom is 0.0726 e. The lowest BCUT2D eigenvalue weighted by Crippen LogP contribution is -2.26. The molecule has 0 heterocycles. The van der Waals surface area contributed by atoms with E-state index < -0.39 is 5.41 Å². The topological polar surface area (TPSA) is 3.24 Å². The molecule has 252 valence electrons. The number of hydrogen-bond donors (Lipinski definition) is 0. The summed E-state index contributed by atoms with van der Waals surface area (Å²) in [5, 5.41) is 2.59. The Labute approximate surface area is 311 Å². The second-order valence-electron chi connectivity index (χ2n) is 15.1. The maximum absolute atomic E-state index is 2.51. The molecule has 0 saturated carbocycles. The fourth-order valence-corrected chi connectivity index (χ4v) is 10.1. The second-order valence-corrected chi connectivity index (χ2v) is 15.1. The van der Waals surface area contributed by atoms with Gasteiger partial charge in [0.1, 0.15) is 0 Å². The van der Waals surface area contributed by atoms with E-state index in [0.29, 0.717) is 0 Å². The van der Waals surface area contributed by atoms with Gasteiger partial charge in [0.15, 0.2) is 0 Å². The number of hydrogen-bond acceptors (Lipinski definition) is 1. The largest absolute Gasteiger partial charge is 0.310 e. The molecule has 0 atom stereocenters. The van der Waals surface area contributed by atoms with E-state index in [1.54, 1.807) is 0 Å². The quantitative estimate of drug-likeness (QED) is 0.179. The van der Waals surface area contributed by atoms with E-state index in [2.05, 4.69) is 182 Å². The zero-order chi connectivity index (χ0) is 35.1. The first-order chi connectivity index (χ1) is 26.2. The molecule has 8 aromatic carbocycles. The summed E-state index contributed by atoms with van der Waals surface area (Å²) in [4.78, 5) is 2.47. The van der Waals surface area contributed by atoms with Crippen LogP contribution >= 0.6 is 0 Å². The average molecular weight is 678 g/mol. The van der Waals surface area contributed by atoms with Crippen LogP contribution in [0.4, 0.5) is 17.1 Å². The van der Waals surface area contributed by atoms with Crippen LogP contribution in [-0.4, -0.2) is 0 Å². The molecular weight excluding hydrogens is 639 g/mol. The highest BCUT2D eigenvalue weighted by atomic mass is 15.1. The Morgan fingerprint density at radius 1 is 0.472 bits per heavy atom.